The van der Waals surface area contributed by atoms with Crippen LogP contribution in [0, 0.1) is 0 Å². The third-order valence-corrected chi connectivity index (χ3v) is 1.99. The second-order valence-corrected chi connectivity index (χ2v) is 3.93. The first-order valence-corrected chi connectivity index (χ1v) is 4.93. The van der Waals surface area contributed by atoms with E-state index >= 15 is 0 Å². The molecule has 0 saturated heterocycles. The van der Waals surface area contributed by atoms with E-state index < -0.39 is 0 Å². The molecule has 0 aliphatic heterocycles. The Morgan fingerprint density at radius 2 is 1.73 bits per heavy atom. The summed E-state index contributed by atoms with van der Waals surface area (Å²) in [7, 11) is 0. The first-order valence-electron chi connectivity index (χ1n) is 4.93. The van der Waals surface area contributed by atoms with Gasteiger partial charge in [-0.2, -0.15) is 0 Å². The molecule has 0 aliphatic rings. The van der Waals surface area contributed by atoms with Crippen molar-refractivity contribution in [3.63, 3.8) is 0 Å². The second kappa shape index (κ2) is 4.26. The predicted molar refractivity (Wildman–Crippen MR) is 65.7 cm³/mol. The van der Waals surface area contributed by atoms with E-state index in [9.17, 15) is 0 Å². The minimum absolute atomic E-state index is 0.0604. The van der Waals surface area contributed by atoms with Crippen LogP contribution in [0.4, 0.5) is 11.4 Å². The molecule has 0 heterocycles. The van der Waals surface area contributed by atoms with Gasteiger partial charge in [0.15, 0.2) is 5.75 Å². The highest BCUT2D eigenvalue weighted by atomic mass is 16.5. The summed E-state index contributed by atoms with van der Waals surface area (Å²) in [6, 6.07) is 3.66. The molecule has 1 rings (SSSR count). The quantitative estimate of drug-likeness (QED) is 0.747. The topological polar surface area (TPSA) is 61.3 Å². The summed E-state index contributed by atoms with van der Waals surface area (Å²) >= 11 is 0. The van der Waals surface area contributed by atoms with Gasteiger partial charge in [-0.05, 0) is 38.5 Å². The highest BCUT2D eigenvalue weighted by Crippen LogP contribution is 2.33. The Morgan fingerprint density at radius 1 is 1.27 bits per heavy atom. The molecule has 0 radical (unpaired) electrons. The standard InChI is InChI=1S/C12H18N2O/c1-7(2)9-5-10(13)12(11(14)6-9)15-8(3)4/h5-6,8H,1,13-14H2,2-4H3. The van der Waals surface area contributed by atoms with Crippen LogP contribution < -0.4 is 16.2 Å². The van der Waals surface area contributed by atoms with Gasteiger partial charge in [0.2, 0.25) is 0 Å². The summed E-state index contributed by atoms with van der Waals surface area (Å²) < 4.78 is 5.53. The van der Waals surface area contributed by atoms with Crippen molar-refractivity contribution in [1.29, 1.82) is 0 Å². The number of allylic oxidation sites excluding steroid dienone is 1. The van der Waals surface area contributed by atoms with Gasteiger partial charge in [-0.15, -0.1) is 0 Å². The minimum atomic E-state index is 0.0604. The Bertz CT molecular complexity index is 360. The molecule has 0 amide bonds. The molecule has 0 aliphatic carbocycles. The lowest BCUT2D eigenvalue weighted by Gasteiger charge is -2.15. The van der Waals surface area contributed by atoms with Crippen LogP contribution in [-0.2, 0) is 0 Å². The molecule has 4 N–H and O–H groups in total. The lowest BCUT2D eigenvalue weighted by atomic mass is 10.1. The van der Waals surface area contributed by atoms with E-state index in [1.807, 2.05) is 32.9 Å². The summed E-state index contributed by atoms with van der Waals surface area (Å²) in [5.74, 6) is 0.565. The monoisotopic (exact) mass is 206 g/mol. The molecule has 3 heteroatoms. The van der Waals surface area contributed by atoms with Gasteiger partial charge >= 0.3 is 0 Å². The van der Waals surface area contributed by atoms with Crippen molar-refractivity contribution in [3.05, 3.63) is 24.3 Å². The van der Waals surface area contributed by atoms with E-state index in [2.05, 4.69) is 6.58 Å². The molecule has 0 unspecified atom stereocenters. The molecule has 1 aromatic rings. The molecule has 1 aromatic carbocycles. The van der Waals surface area contributed by atoms with Crippen molar-refractivity contribution in [1.82, 2.24) is 0 Å². The van der Waals surface area contributed by atoms with Crippen LogP contribution in [0.15, 0.2) is 18.7 Å². The zero-order valence-electron chi connectivity index (χ0n) is 9.50. The number of nitrogen functional groups attached to an aromatic ring is 2. The van der Waals surface area contributed by atoms with Crippen LogP contribution in [-0.4, -0.2) is 6.10 Å². The lowest BCUT2D eigenvalue weighted by Crippen LogP contribution is -2.09. The van der Waals surface area contributed by atoms with Crippen LogP contribution in [0.5, 0.6) is 5.75 Å². The Kier molecular flexibility index (Phi) is 3.24. The van der Waals surface area contributed by atoms with Crippen molar-refractivity contribution in [2.24, 2.45) is 0 Å². The first kappa shape index (κ1) is 11.4. The minimum Gasteiger partial charge on any atom is -0.487 e. The van der Waals surface area contributed by atoms with E-state index in [1.165, 1.54) is 0 Å². The van der Waals surface area contributed by atoms with E-state index in [1.54, 1.807) is 0 Å². The number of ether oxygens (including phenoxy) is 1. The summed E-state index contributed by atoms with van der Waals surface area (Å²) in [5.41, 5.74) is 14.7. The molecule has 0 aromatic heterocycles. The average Bonchev–Trinajstić information content (AvgIpc) is 2.10. The molecule has 3 nitrogen and oxygen atoms in total. The average molecular weight is 206 g/mol. The maximum Gasteiger partial charge on any atom is 0.165 e. The van der Waals surface area contributed by atoms with Gasteiger partial charge in [-0.25, -0.2) is 0 Å². The fourth-order valence-corrected chi connectivity index (χ4v) is 1.29. The summed E-state index contributed by atoms with van der Waals surface area (Å²) in [6.45, 7) is 9.63. The van der Waals surface area contributed by atoms with Crippen LogP contribution in [0.2, 0.25) is 0 Å². The smallest absolute Gasteiger partial charge is 0.165 e. The first-order chi connectivity index (χ1) is 6.91. The fraction of sp³-hybridized carbons (Fsp3) is 0.333. The van der Waals surface area contributed by atoms with E-state index in [4.69, 9.17) is 16.2 Å². The van der Waals surface area contributed by atoms with Gasteiger partial charge in [0.25, 0.3) is 0 Å². The molecule has 0 fully saturated rings. The zero-order chi connectivity index (χ0) is 11.6. The van der Waals surface area contributed by atoms with Gasteiger partial charge in [-0.1, -0.05) is 12.2 Å². The van der Waals surface area contributed by atoms with Crippen molar-refractivity contribution >= 4 is 16.9 Å². The number of rotatable bonds is 3. The second-order valence-electron chi connectivity index (χ2n) is 3.93. The zero-order valence-corrected chi connectivity index (χ0v) is 9.50. The van der Waals surface area contributed by atoms with Gasteiger partial charge < -0.3 is 16.2 Å². The lowest BCUT2D eigenvalue weighted by molar-refractivity contribution is 0.245. The molecule has 0 atom stereocenters. The van der Waals surface area contributed by atoms with Crippen molar-refractivity contribution in [2.45, 2.75) is 26.9 Å². The predicted octanol–water partition coefficient (Wildman–Crippen LogP) is 2.67. The summed E-state index contributed by atoms with van der Waals surface area (Å²) in [5, 5.41) is 0. The molecule has 0 bridgehead atoms. The highest BCUT2D eigenvalue weighted by Gasteiger charge is 2.09. The number of nitrogens with two attached hydrogens (primary N) is 2. The van der Waals surface area contributed by atoms with Crippen LogP contribution in [0.1, 0.15) is 26.3 Å². The Morgan fingerprint density at radius 3 is 2.07 bits per heavy atom. The van der Waals surface area contributed by atoms with E-state index in [0.29, 0.717) is 17.1 Å². The maximum absolute atomic E-state index is 5.86. The Balaban J connectivity index is 3.15. The maximum atomic E-state index is 5.86. The summed E-state index contributed by atoms with van der Waals surface area (Å²) in [6.07, 6.45) is 0.0604. The Labute approximate surface area is 90.7 Å². The van der Waals surface area contributed by atoms with Crippen LogP contribution in [0.3, 0.4) is 0 Å². The Hall–Kier alpha value is -1.64. The molecular formula is C12H18N2O. The van der Waals surface area contributed by atoms with Crippen LogP contribution in [0.25, 0.3) is 5.57 Å². The molecule has 15 heavy (non-hydrogen) atoms. The van der Waals surface area contributed by atoms with Crippen molar-refractivity contribution in [3.8, 4) is 5.75 Å². The molecule has 0 saturated carbocycles. The summed E-state index contributed by atoms with van der Waals surface area (Å²) in [4.78, 5) is 0. The third kappa shape index (κ3) is 2.65. The molecular weight excluding hydrogens is 188 g/mol. The molecule has 82 valence electrons. The SMILES string of the molecule is C=C(C)c1cc(N)c(OC(C)C)c(N)c1. The fourth-order valence-electron chi connectivity index (χ4n) is 1.29. The largest absolute Gasteiger partial charge is 0.487 e. The van der Waals surface area contributed by atoms with E-state index in [0.717, 1.165) is 11.1 Å². The van der Waals surface area contributed by atoms with E-state index in [-0.39, 0.29) is 6.10 Å². The highest BCUT2D eigenvalue weighted by molar-refractivity contribution is 5.76. The van der Waals surface area contributed by atoms with Gasteiger partial charge in [0.1, 0.15) is 0 Å². The van der Waals surface area contributed by atoms with Gasteiger partial charge in [0.05, 0.1) is 17.5 Å². The number of hydrogen-bond acceptors (Lipinski definition) is 3. The molecule has 0 spiro atoms. The van der Waals surface area contributed by atoms with Crippen molar-refractivity contribution in [2.75, 3.05) is 11.5 Å². The number of benzene rings is 1. The van der Waals surface area contributed by atoms with Crippen molar-refractivity contribution < 1.29 is 4.74 Å². The normalized spacial score (nSPS) is 10.4. The number of anilines is 2. The number of hydrogen-bond donors (Lipinski definition) is 2. The third-order valence-electron chi connectivity index (χ3n) is 1.99. The van der Waals surface area contributed by atoms with Gasteiger partial charge in [0, 0.05) is 0 Å². The van der Waals surface area contributed by atoms with Crippen LogP contribution >= 0.6 is 0 Å². The van der Waals surface area contributed by atoms with Gasteiger partial charge in [-0.3, -0.25) is 0 Å².